The fourth-order valence-electron chi connectivity index (χ4n) is 3.15. The molecule has 150 valence electrons. The third-order valence-electron chi connectivity index (χ3n) is 4.74. The van der Waals surface area contributed by atoms with Gasteiger partial charge in [-0.2, -0.15) is 23.4 Å². The fraction of sp³-hybridized carbons (Fsp3) is 0.500. The Morgan fingerprint density at radius 2 is 2.00 bits per heavy atom. The molecular formula is C18H18F4N4O2. The van der Waals surface area contributed by atoms with Crippen LogP contribution in [-0.4, -0.2) is 54.1 Å². The van der Waals surface area contributed by atoms with Gasteiger partial charge in [0.05, 0.1) is 25.7 Å². The third-order valence-corrected chi connectivity index (χ3v) is 4.74. The van der Waals surface area contributed by atoms with Crippen LogP contribution in [0.4, 0.5) is 17.6 Å². The molecule has 0 spiro atoms. The second-order valence-corrected chi connectivity index (χ2v) is 6.56. The topological polar surface area (TPSA) is 75.2 Å². The molecule has 1 aromatic carbocycles. The highest BCUT2D eigenvalue weighted by molar-refractivity contribution is 5.54. The zero-order valence-electron chi connectivity index (χ0n) is 14.9. The van der Waals surface area contributed by atoms with E-state index in [0.717, 1.165) is 0 Å². The van der Waals surface area contributed by atoms with Crippen LogP contribution in [0.25, 0.3) is 11.4 Å². The maximum absolute atomic E-state index is 14.0. The lowest BCUT2D eigenvalue weighted by Gasteiger charge is -2.28. The standard InChI is InChI=1S/C18H18F4N4O2/c19-14-4-2-13(3-5-14)15-24-16(28-25-15)17(18(20,21)22)6-8-26(12-17)9-11-27-10-1-7-23/h2-5H,1,6,8-12H2. The first-order valence-corrected chi connectivity index (χ1v) is 8.70. The number of ether oxygens (including phenoxy) is 1. The maximum atomic E-state index is 14.0. The zero-order valence-corrected chi connectivity index (χ0v) is 14.9. The molecule has 2 aromatic rings. The van der Waals surface area contributed by atoms with Crippen molar-refractivity contribution in [1.29, 1.82) is 5.26 Å². The smallest absolute Gasteiger partial charge is 0.379 e. The quantitative estimate of drug-likeness (QED) is 0.526. The fourth-order valence-corrected chi connectivity index (χ4v) is 3.15. The molecule has 1 unspecified atom stereocenters. The third kappa shape index (κ3) is 4.15. The minimum absolute atomic E-state index is 0.0167. The molecule has 0 bridgehead atoms. The number of alkyl halides is 3. The lowest BCUT2D eigenvalue weighted by molar-refractivity contribution is -0.193. The van der Waals surface area contributed by atoms with Crippen LogP contribution >= 0.6 is 0 Å². The monoisotopic (exact) mass is 398 g/mol. The molecule has 1 saturated heterocycles. The Kier molecular flexibility index (Phi) is 5.96. The predicted molar refractivity (Wildman–Crippen MR) is 89.5 cm³/mol. The first-order valence-electron chi connectivity index (χ1n) is 8.70. The van der Waals surface area contributed by atoms with Gasteiger partial charge in [0.25, 0.3) is 0 Å². The molecule has 6 nitrogen and oxygen atoms in total. The van der Waals surface area contributed by atoms with E-state index in [1.165, 1.54) is 24.3 Å². The van der Waals surface area contributed by atoms with E-state index in [1.54, 1.807) is 4.90 Å². The number of hydrogen-bond donors (Lipinski definition) is 0. The minimum atomic E-state index is -4.57. The van der Waals surface area contributed by atoms with Gasteiger partial charge in [0, 0.05) is 18.7 Å². The van der Waals surface area contributed by atoms with Gasteiger partial charge in [-0.25, -0.2) is 4.39 Å². The second kappa shape index (κ2) is 8.24. The number of benzene rings is 1. The molecule has 10 heteroatoms. The van der Waals surface area contributed by atoms with E-state index in [9.17, 15) is 17.6 Å². The van der Waals surface area contributed by atoms with Gasteiger partial charge in [0.15, 0.2) is 5.41 Å². The number of nitriles is 1. The van der Waals surface area contributed by atoms with Crippen molar-refractivity contribution in [1.82, 2.24) is 15.0 Å². The van der Waals surface area contributed by atoms with Crippen molar-refractivity contribution in [2.75, 3.05) is 32.8 Å². The Morgan fingerprint density at radius 3 is 2.68 bits per heavy atom. The highest BCUT2D eigenvalue weighted by Crippen LogP contribution is 2.47. The number of likely N-dealkylation sites (tertiary alicyclic amines) is 1. The Morgan fingerprint density at radius 1 is 1.25 bits per heavy atom. The van der Waals surface area contributed by atoms with E-state index in [0.29, 0.717) is 12.1 Å². The summed E-state index contributed by atoms with van der Waals surface area (Å²) in [4.78, 5) is 5.60. The zero-order chi connectivity index (χ0) is 20.2. The largest absolute Gasteiger partial charge is 0.404 e. The lowest BCUT2D eigenvalue weighted by Crippen LogP contribution is -2.45. The summed E-state index contributed by atoms with van der Waals surface area (Å²) in [5.74, 6) is -0.980. The summed E-state index contributed by atoms with van der Waals surface area (Å²) in [7, 11) is 0. The van der Waals surface area contributed by atoms with Crippen molar-refractivity contribution in [3.63, 3.8) is 0 Å². The summed E-state index contributed by atoms with van der Waals surface area (Å²) in [5, 5.41) is 12.1. The highest BCUT2D eigenvalue weighted by atomic mass is 19.4. The Bertz CT molecular complexity index is 831. The van der Waals surface area contributed by atoms with Crippen molar-refractivity contribution >= 4 is 0 Å². The van der Waals surface area contributed by atoms with Gasteiger partial charge >= 0.3 is 6.18 Å². The number of rotatable bonds is 7. The van der Waals surface area contributed by atoms with Crippen molar-refractivity contribution < 1.29 is 26.8 Å². The van der Waals surface area contributed by atoms with Crippen LogP contribution in [0.5, 0.6) is 0 Å². The van der Waals surface area contributed by atoms with Crippen LogP contribution in [0.15, 0.2) is 28.8 Å². The highest BCUT2D eigenvalue weighted by Gasteiger charge is 2.62. The van der Waals surface area contributed by atoms with E-state index in [-0.39, 0.29) is 45.0 Å². The lowest BCUT2D eigenvalue weighted by atomic mass is 9.86. The van der Waals surface area contributed by atoms with Crippen LogP contribution in [0.2, 0.25) is 0 Å². The normalized spacial score (nSPS) is 20.4. The Labute approximate surface area is 158 Å². The van der Waals surface area contributed by atoms with Gasteiger partial charge in [0.1, 0.15) is 5.82 Å². The van der Waals surface area contributed by atoms with Crippen LogP contribution in [-0.2, 0) is 10.2 Å². The number of hydrogen-bond acceptors (Lipinski definition) is 6. The number of aromatic nitrogens is 2. The minimum Gasteiger partial charge on any atom is -0.379 e. The molecule has 1 aliphatic rings. The first-order chi connectivity index (χ1) is 13.4. The maximum Gasteiger partial charge on any atom is 0.404 e. The molecule has 0 N–H and O–H groups in total. The molecule has 1 aromatic heterocycles. The van der Waals surface area contributed by atoms with E-state index in [2.05, 4.69) is 10.1 Å². The molecule has 0 aliphatic carbocycles. The van der Waals surface area contributed by atoms with E-state index < -0.39 is 23.3 Å². The summed E-state index contributed by atoms with van der Waals surface area (Å²) < 4.78 is 65.2. The molecule has 1 aliphatic heterocycles. The van der Waals surface area contributed by atoms with Gasteiger partial charge in [-0.05, 0) is 37.2 Å². The molecule has 0 saturated carbocycles. The van der Waals surface area contributed by atoms with Crippen LogP contribution in [0.1, 0.15) is 18.7 Å². The van der Waals surface area contributed by atoms with E-state index >= 15 is 0 Å². The van der Waals surface area contributed by atoms with Crippen LogP contribution < -0.4 is 0 Å². The molecule has 0 radical (unpaired) electrons. The average Bonchev–Trinajstić information content (AvgIpc) is 3.29. The SMILES string of the molecule is N#CCCOCCN1CCC(c2nc(-c3ccc(F)cc3)no2)(C(F)(F)F)C1. The number of nitrogens with zero attached hydrogens (tertiary/aromatic N) is 4. The van der Waals surface area contributed by atoms with Gasteiger partial charge < -0.3 is 9.26 Å². The summed E-state index contributed by atoms with van der Waals surface area (Å²) in [6.07, 6.45) is -4.55. The average molecular weight is 398 g/mol. The van der Waals surface area contributed by atoms with Crippen molar-refractivity contribution in [2.45, 2.75) is 24.4 Å². The molecular weight excluding hydrogens is 380 g/mol. The first kappa shape index (κ1) is 20.2. The molecule has 3 rings (SSSR count). The predicted octanol–water partition coefficient (Wildman–Crippen LogP) is 3.31. The molecule has 0 amide bonds. The van der Waals surface area contributed by atoms with Gasteiger partial charge in [-0.3, -0.25) is 4.90 Å². The van der Waals surface area contributed by atoms with Gasteiger partial charge in [-0.1, -0.05) is 5.16 Å². The second-order valence-electron chi connectivity index (χ2n) is 6.56. The molecule has 1 fully saturated rings. The molecule has 2 heterocycles. The van der Waals surface area contributed by atoms with Crippen molar-refractivity contribution in [3.05, 3.63) is 36.0 Å². The van der Waals surface area contributed by atoms with Crippen molar-refractivity contribution in [2.24, 2.45) is 0 Å². The number of halogens is 4. The summed E-state index contributed by atoms with van der Waals surface area (Å²) in [6, 6.07) is 7.04. The van der Waals surface area contributed by atoms with Crippen LogP contribution in [0.3, 0.4) is 0 Å². The summed E-state index contributed by atoms with van der Waals surface area (Å²) in [6.45, 7) is 0.681. The summed E-state index contributed by atoms with van der Waals surface area (Å²) in [5.41, 5.74) is -1.89. The van der Waals surface area contributed by atoms with Gasteiger partial charge in [0.2, 0.25) is 11.7 Å². The van der Waals surface area contributed by atoms with Gasteiger partial charge in [-0.15, -0.1) is 0 Å². The summed E-state index contributed by atoms with van der Waals surface area (Å²) >= 11 is 0. The molecule has 28 heavy (non-hydrogen) atoms. The molecule has 1 atom stereocenters. The Balaban J connectivity index is 1.75. The van der Waals surface area contributed by atoms with E-state index in [1.807, 2.05) is 6.07 Å². The van der Waals surface area contributed by atoms with Crippen LogP contribution in [0, 0.1) is 17.1 Å². The van der Waals surface area contributed by atoms with Crippen molar-refractivity contribution in [3.8, 4) is 17.5 Å². The Hall–Kier alpha value is -2.51. The van der Waals surface area contributed by atoms with E-state index in [4.69, 9.17) is 14.5 Å².